The number of phosphoric acid groups is 1. The van der Waals surface area contributed by atoms with Gasteiger partial charge in [0.05, 0.1) is 19.3 Å². The molecule has 0 spiro atoms. The van der Waals surface area contributed by atoms with E-state index in [-0.39, 0.29) is 38.1 Å². The van der Waals surface area contributed by atoms with Crippen LogP contribution in [0.4, 0.5) is 0 Å². The van der Waals surface area contributed by atoms with E-state index in [2.05, 4.69) is 4.98 Å². The normalized spacial score (nSPS) is 33.4. The highest BCUT2D eigenvalue weighted by molar-refractivity contribution is 7.48. The van der Waals surface area contributed by atoms with E-state index in [1.807, 2.05) is 0 Å². The minimum absolute atomic E-state index is 0.0511. The Balaban J connectivity index is 1.63. The Labute approximate surface area is 177 Å². The van der Waals surface area contributed by atoms with Gasteiger partial charge in [-0.15, -0.1) is 11.6 Å². The number of carbonyl (C=O) groups is 1. The highest BCUT2D eigenvalue weighted by Crippen LogP contribution is 2.59. The second kappa shape index (κ2) is 8.94. The number of fused-ring (bicyclic) bond motifs is 1. The van der Waals surface area contributed by atoms with Gasteiger partial charge in [-0.05, 0) is 27.2 Å². The van der Waals surface area contributed by atoms with Crippen LogP contribution in [0.25, 0.3) is 0 Å². The first kappa shape index (κ1) is 23.2. The van der Waals surface area contributed by atoms with E-state index in [1.165, 1.54) is 6.20 Å². The van der Waals surface area contributed by atoms with E-state index in [1.54, 1.807) is 20.8 Å². The fourth-order valence-electron chi connectivity index (χ4n) is 3.24. The number of H-pyrrole nitrogens is 1. The molecule has 11 nitrogen and oxygen atoms in total. The number of aromatic nitrogens is 2. The lowest BCUT2D eigenvalue weighted by Gasteiger charge is -2.34. The average molecular weight is 467 g/mol. The Morgan fingerprint density at radius 1 is 1.47 bits per heavy atom. The van der Waals surface area contributed by atoms with Gasteiger partial charge in [0.15, 0.2) is 6.23 Å². The summed E-state index contributed by atoms with van der Waals surface area (Å²) in [6.45, 7) is 4.87. The van der Waals surface area contributed by atoms with Crippen molar-refractivity contribution in [2.24, 2.45) is 0 Å². The van der Waals surface area contributed by atoms with Crippen LogP contribution in [0.5, 0.6) is 0 Å². The molecule has 0 radical (unpaired) electrons. The lowest BCUT2D eigenvalue weighted by molar-refractivity contribution is -0.147. The summed E-state index contributed by atoms with van der Waals surface area (Å²) in [6, 6.07) is 1.16. The number of ether oxygens (including phenoxy) is 2. The van der Waals surface area contributed by atoms with Gasteiger partial charge >= 0.3 is 19.5 Å². The van der Waals surface area contributed by atoms with E-state index in [4.69, 9.17) is 34.6 Å². The topological polar surface area (TPSA) is 135 Å². The van der Waals surface area contributed by atoms with E-state index < -0.39 is 42.4 Å². The standard InChI is InChI=1S/C17H24ClN2O9P/c1-10(2)27-13(22)5-4-8-25-30(24)26-9-11-14(29-30)17(3,18)15(28-11)20-7-6-12(21)19-16(20)23/h6-7,10-11,14-15H,4-5,8-9H2,1-3H3,(H,19,21,23)/t11-,14-,15-,17-,30-/m1/s1. The first-order valence-electron chi connectivity index (χ1n) is 9.45. The van der Waals surface area contributed by atoms with Crippen molar-refractivity contribution in [1.29, 1.82) is 0 Å². The lowest BCUT2D eigenvalue weighted by atomic mass is 10.0. The van der Waals surface area contributed by atoms with E-state index in [0.29, 0.717) is 0 Å². The summed E-state index contributed by atoms with van der Waals surface area (Å²) in [7, 11) is -3.95. The Hall–Kier alpha value is -1.49. The number of carbonyl (C=O) groups excluding carboxylic acids is 1. The van der Waals surface area contributed by atoms with Crippen LogP contribution >= 0.6 is 19.4 Å². The highest BCUT2D eigenvalue weighted by atomic mass is 35.5. The van der Waals surface area contributed by atoms with Crippen LogP contribution in [0.15, 0.2) is 21.9 Å². The Kier molecular flexibility index (Phi) is 6.91. The summed E-state index contributed by atoms with van der Waals surface area (Å²) in [5.74, 6) is -0.385. The molecule has 0 aromatic carbocycles. The minimum Gasteiger partial charge on any atom is -0.463 e. The van der Waals surface area contributed by atoms with Crippen LogP contribution in [0.3, 0.4) is 0 Å². The fraction of sp³-hybridized carbons (Fsp3) is 0.706. The second-order valence-electron chi connectivity index (χ2n) is 7.44. The molecule has 2 saturated heterocycles. The van der Waals surface area contributed by atoms with Crippen LogP contribution < -0.4 is 11.2 Å². The van der Waals surface area contributed by atoms with Gasteiger partial charge in [-0.1, -0.05) is 0 Å². The molecule has 3 rings (SSSR count). The zero-order valence-corrected chi connectivity index (χ0v) is 18.4. The van der Waals surface area contributed by atoms with Crippen LogP contribution in [-0.4, -0.2) is 51.9 Å². The number of nitrogens with one attached hydrogen (secondary N) is 1. The zero-order valence-electron chi connectivity index (χ0n) is 16.7. The summed E-state index contributed by atoms with van der Waals surface area (Å²) in [5, 5.41) is 0. The molecule has 0 bridgehead atoms. The van der Waals surface area contributed by atoms with E-state index in [0.717, 1.165) is 10.6 Å². The molecule has 0 saturated carbocycles. The van der Waals surface area contributed by atoms with Gasteiger partial charge in [-0.3, -0.25) is 32.7 Å². The highest BCUT2D eigenvalue weighted by Gasteiger charge is 2.60. The molecule has 0 aliphatic carbocycles. The average Bonchev–Trinajstić information content (AvgIpc) is 2.89. The number of rotatable bonds is 7. The summed E-state index contributed by atoms with van der Waals surface area (Å²) in [4.78, 5) is 35.8. The van der Waals surface area contributed by atoms with Crippen molar-refractivity contribution < 1.29 is 32.4 Å². The maximum atomic E-state index is 12.8. The molecule has 0 unspecified atom stereocenters. The van der Waals surface area contributed by atoms with Gasteiger partial charge in [0, 0.05) is 18.7 Å². The third-order valence-electron chi connectivity index (χ3n) is 4.57. The van der Waals surface area contributed by atoms with Crippen LogP contribution in [0.2, 0.25) is 0 Å². The summed E-state index contributed by atoms with van der Waals surface area (Å²) < 4.78 is 40.8. The molecule has 13 heteroatoms. The molecule has 2 aliphatic heterocycles. The third kappa shape index (κ3) is 5.04. The quantitative estimate of drug-likeness (QED) is 0.275. The van der Waals surface area contributed by atoms with Gasteiger partial charge < -0.3 is 9.47 Å². The Bertz CT molecular complexity index is 944. The number of aromatic amines is 1. The Morgan fingerprint density at radius 2 is 2.20 bits per heavy atom. The van der Waals surface area contributed by atoms with E-state index in [9.17, 15) is 18.9 Å². The number of esters is 1. The van der Waals surface area contributed by atoms with Crippen LogP contribution in [-0.2, 0) is 32.4 Å². The third-order valence-corrected chi connectivity index (χ3v) is 6.42. The summed E-state index contributed by atoms with van der Waals surface area (Å²) in [6.07, 6.45) is -1.21. The van der Waals surface area contributed by atoms with Crippen molar-refractivity contribution in [1.82, 2.24) is 9.55 Å². The molecule has 168 valence electrons. The number of nitrogens with zero attached hydrogens (tertiary/aromatic N) is 1. The van der Waals surface area contributed by atoms with Gasteiger partial charge in [0.25, 0.3) is 5.56 Å². The molecular weight excluding hydrogens is 443 g/mol. The Morgan fingerprint density at radius 3 is 2.87 bits per heavy atom. The maximum Gasteiger partial charge on any atom is 0.475 e. The number of alkyl halides is 1. The zero-order chi connectivity index (χ0) is 22.1. The van der Waals surface area contributed by atoms with Crippen LogP contribution in [0, 0.1) is 0 Å². The molecular formula is C17H24ClN2O9P. The SMILES string of the molecule is CC(C)OC(=O)CCCO[P@]1(=O)OC[C@H]2O[C@@H](n3ccc(=O)[nH]c3=O)[C@](C)(Cl)[C@@H]2O1. The molecule has 2 aliphatic rings. The van der Waals surface area contributed by atoms with Crippen molar-refractivity contribution >= 4 is 25.4 Å². The first-order valence-corrected chi connectivity index (χ1v) is 11.3. The fourth-order valence-corrected chi connectivity index (χ4v) is 5.15. The monoisotopic (exact) mass is 466 g/mol. The number of halogens is 1. The van der Waals surface area contributed by atoms with Gasteiger partial charge in [-0.25, -0.2) is 9.36 Å². The summed E-state index contributed by atoms with van der Waals surface area (Å²) >= 11 is 6.64. The molecule has 30 heavy (non-hydrogen) atoms. The molecule has 3 heterocycles. The van der Waals surface area contributed by atoms with Crippen molar-refractivity contribution in [3.05, 3.63) is 33.1 Å². The number of hydrogen-bond donors (Lipinski definition) is 1. The molecule has 1 aromatic heterocycles. The van der Waals surface area contributed by atoms with Gasteiger partial charge in [0.1, 0.15) is 17.1 Å². The van der Waals surface area contributed by atoms with Gasteiger partial charge in [0.2, 0.25) is 0 Å². The number of hydrogen-bond acceptors (Lipinski definition) is 9. The van der Waals surface area contributed by atoms with Crippen molar-refractivity contribution in [3.8, 4) is 0 Å². The minimum atomic E-state index is -3.95. The first-order chi connectivity index (χ1) is 14.0. The molecule has 1 aromatic rings. The van der Waals surface area contributed by atoms with Crippen molar-refractivity contribution in [3.63, 3.8) is 0 Å². The summed E-state index contributed by atoms with van der Waals surface area (Å²) in [5.41, 5.74) is -1.26. The second-order valence-corrected chi connectivity index (χ2v) is 9.88. The van der Waals surface area contributed by atoms with Crippen LogP contribution in [0.1, 0.15) is 39.8 Å². The van der Waals surface area contributed by atoms with Gasteiger partial charge in [-0.2, -0.15) is 0 Å². The largest absolute Gasteiger partial charge is 0.475 e. The smallest absolute Gasteiger partial charge is 0.463 e. The maximum absolute atomic E-state index is 12.8. The lowest BCUT2D eigenvalue weighted by Crippen LogP contribution is -2.45. The predicted octanol–water partition coefficient (Wildman–Crippen LogP) is 1.70. The molecule has 5 atom stereocenters. The molecule has 2 fully saturated rings. The van der Waals surface area contributed by atoms with Crippen molar-refractivity contribution in [2.75, 3.05) is 13.2 Å². The van der Waals surface area contributed by atoms with Crippen molar-refractivity contribution in [2.45, 2.75) is 63.0 Å². The molecule has 1 N–H and O–H groups in total. The molecule has 0 amide bonds. The number of phosphoric ester groups is 1. The predicted molar refractivity (Wildman–Crippen MR) is 104 cm³/mol. The van der Waals surface area contributed by atoms with E-state index >= 15 is 0 Å².